The molecule has 0 atom stereocenters. The zero-order chi connectivity index (χ0) is 14.5. The summed E-state index contributed by atoms with van der Waals surface area (Å²) >= 11 is 0. The van der Waals surface area contributed by atoms with Gasteiger partial charge >= 0.3 is 0 Å². The third kappa shape index (κ3) is 3.97. The van der Waals surface area contributed by atoms with Crippen LogP contribution in [-0.2, 0) is 0 Å². The molecule has 110 valence electrons. The number of benzene rings is 1. The number of hydrogen-bond donors (Lipinski definition) is 3. The Morgan fingerprint density at radius 2 is 2.20 bits per heavy atom. The normalized spacial score (nSPS) is 21.4. The van der Waals surface area contributed by atoms with E-state index < -0.39 is 0 Å². The standard InChI is InChI=1S/C16H24N2O2/c1-11(2)5-6-20-15-3-4-16(12(7-15)10-17)18-13-8-14(19)9-13/h3-4,7,10-11,13-14,17-19H,5-6,8-9H2,1-2H3/t13-,14-. The van der Waals surface area contributed by atoms with Crippen LogP contribution in [0, 0.1) is 11.3 Å². The summed E-state index contributed by atoms with van der Waals surface area (Å²) in [6, 6.07) is 6.10. The number of anilines is 1. The molecule has 0 unspecified atom stereocenters. The Labute approximate surface area is 120 Å². The topological polar surface area (TPSA) is 65.3 Å². The maximum absolute atomic E-state index is 9.30. The second-order valence-electron chi connectivity index (χ2n) is 5.89. The second-order valence-corrected chi connectivity index (χ2v) is 5.89. The molecule has 3 N–H and O–H groups in total. The van der Waals surface area contributed by atoms with Crippen LogP contribution in [0.3, 0.4) is 0 Å². The highest BCUT2D eigenvalue weighted by Gasteiger charge is 2.27. The van der Waals surface area contributed by atoms with Crippen LogP contribution >= 0.6 is 0 Å². The highest BCUT2D eigenvalue weighted by molar-refractivity contribution is 5.86. The molecule has 0 amide bonds. The maximum Gasteiger partial charge on any atom is 0.120 e. The molecule has 0 spiro atoms. The van der Waals surface area contributed by atoms with Crippen LogP contribution in [0.4, 0.5) is 5.69 Å². The molecule has 0 saturated heterocycles. The molecule has 4 nitrogen and oxygen atoms in total. The van der Waals surface area contributed by atoms with E-state index in [-0.39, 0.29) is 6.10 Å². The summed E-state index contributed by atoms with van der Waals surface area (Å²) in [6.45, 7) is 5.05. The van der Waals surface area contributed by atoms with Gasteiger partial charge in [-0.1, -0.05) is 13.8 Å². The molecule has 1 saturated carbocycles. The number of ether oxygens (including phenoxy) is 1. The fourth-order valence-electron chi connectivity index (χ4n) is 2.22. The second kappa shape index (κ2) is 6.75. The summed E-state index contributed by atoms with van der Waals surface area (Å²) in [5.41, 5.74) is 1.77. The minimum atomic E-state index is -0.172. The van der Waals surface area contributed by atoms with Crippen molar-refractivity contribution >= 4 is 11.9 Å². The van der Waals surface area contributed by atoms with Crippen molar-refractivity contribution in [1.29, 1.82) is 5.41 Å². The van der Waals surface area contributed by atoms with Crippen LogP contribution in [0.25, 0.3) is 0 Å². The summed E-state index contributed by atoms with van der Waals surface area (Å²) in [7, 11) is 0. The largest absolute Gasteiger partial charge is 0.494 e. The Balaban J connectivity index is 1.94. The molecular weight excluding hydrogens is 252 g/mol. The molecule has 1 fully saturated rings. The minimum absolute atomic E-state index is 0.172. The lowest BCUT2D eigenvalue weighted by Gasteiger charge is -2.33. The average molecular weight is 276 g/mol. The first kappa shape index (κ1) is 14.9. The van der Waals surface area contributed by atoms with Crippen molar-refractivity contribution in [3.8, 4) is 5.75 Å². The van der Waals surface area contributed by atoms with Crippen LogP contribution in [0.2, 0.25) is 0 Å². The Morgan fingerprint density at radius 3 is 2.80 bits per heavy atom. The van der Waals surface area contributed by atoms with E-state index in [1.807, 2.05) is 18.2 Å². The van der Waals surface area contributed by atoms with Crippen LogP contribution in [0.1, 0.15) is 38.7 Å². The molecular formula is C16H24N2O2. The van der Waals surface area contributed by atoms with Gasteiger partial charge in [-0.05, 0) is 43.4 Å². The molecule has 0 bridgehead atoms. The van der Waals surface area contributed by atoms with Gasteiger partial charge in [0, 0.05) is 23.5 Å². The van der Waals surface area contributed by atoms with Crippen molar-refractivity contribution in [2.75, 3.05) is 11.9 Å². The Hall–Kier alpha value is -1.55. The number of nitrogens with one attached hydrogen (secondary N) is 2. The Morgan fingerprint density at radius 1 is 1.45 bits per heavy atom. The first-order chi connectivity index (χ1) is 9.58. The minimum Gasteiger partial charge on any atom is -0.494 e. The fraction of sp³-hybridized carbons (Fsp3) is 0.562. The van der Waals surface area contributed by atoms with E-state index in [0.29, 0.717) is 18.6 Å². The SMILES string of the molecule is CC(C)CCOc1ccc(N[C@H]2C[C@H](O)C2)c(C=N)c1. The predicted octanol–water partition coefficient (Wildman–Crippen LogP) is 3.04. The van der Waals surface area contributed by atoms with Crippen LogP contribution in [0.15, 0.2) is 18.2 Å². The first-order valence-corrected chi connectivity index (χ1v) is 7.30. The number of rotatable bonds is 7. The Kier molecular flexibility index (Phi) is 5.01. The van der Waals surface area contributed by atoms with E-state index in [0.717, 1.165) is 36.3 Å². The smallest absolute Gasteiger partial charge is 0.120 e. The third-order valence-electron chi connectivity index (χ3n) is 3.62. The molecule has 2 rings (SSSR count). The van der Waals surface area contributed by atoms with Crippen LogP contribution in [-0.4, -0.2) is 30.1 Å². The van der Waals surface area contributed by atoms with Crippen molar-refractivity contribution in [2.24, 2.45) is 5.92 Å². The lowest BCUT2D eigenvalue weighted by atomic mass is 9.89. The summed E-state index contributed by atoms with van der Waals surface area (Å²) in [6.07, 6.45) is 3.76. The predicted molar refractivity (Wildman–Crippen MR) is 81.9 cm³/mol. The molecule has 1 aliphatic rings. The first-order valence-electron chi connectivity index (χ1n) is 7.30. The monoisotopic (exact) mass is 276 g/mol. The molecule has 1 aromatic carbocycles. The lowest BCUT2D eigenvalue weighted by molar-refractivity contribution is 0.0836. The number of aliphatic hydroxyl groups is 1. The summed E-state index contributed by atoms with van der Waals surface area (Å²) in [4.78, 5) is 0. The van der Waals surface area contributed by atoms with Crippen molar-refractivity contribution in [3.63, 3.8) is 0 Å². The van der Waals surface area contributed by atoms with Gasteiger partial charge in [0.1, 0.15) is 5.75 Å². The quantitative estimate of drug-likeness (QED) is 0.671. The molecule has 1 aliphatic carbocycles. The maximum atomic E-state index is 9.30. The molecule has 0 heterocycles. The van der Waals surface area contributed by atoms with Crippen molar-refractivity contribution in [2.45, 2.75) is 45.3 Å². The zero-order valence-electron chi connectivity index (χ0n) is 12.2. The average Bonchev–Trinajstić information content (AvgIpc) is 2.38. The number of hydrogen-bond acceptors (Lipinski definition) is 4. The summed E-state index contributed by atoms with van der Waals surface area (Å²) in [5.74, 6) is 1.44. The van der Waals surface area contributed by atoms with E-state index in [4.69, 9.17) is 10.1 Å². The van der Waals surface area contributed by atoms with Gasteiger partial charge in [-0.2, -0.15) is 0 Å². The highest BCUT2D eigenvalue weighted by atomic mass is 16.5. The van der Waals surface area contributed by atoms with Gasteiger partial charge in [0.15, 0.2) is 0 Å². The van der Waals surface area contributed by atoms with Gasteiger partial charge < -0.3 is 20.6 Å². The lowest BCUT2D eigenvalue weighted by Crippen LogP contribution is -2.39. The summed E-state index contributed by atoms with van der Waals surface area (Å²) < 4.78 is 5.71. The number of aliphatic hydroxyl groups excluding tert-OH is 1. The van der Waals surface area contributed by atoms with Crippen molar-refractivity contribution < 1.29 is 9.84 Å². The fourth-order valence-corrected chi connectivity index (χ4v) is 2.22. The van der Waals surface area contributed by atoms with E-state index >= 15 is 0 Å². The zero-order valence-corrected chi connectivity index (χ0v) is 12.2. The van der Waals surface area contributed by atoms with Gasteiger partial charge in [0.2, 0.25) is 0 Å². The molecule has 20 heavy (non-hydrogen) atoms. The van der Waals surface area contributed by atoms with Gasteiger partial charge in [0.25, 0.3) is 0 Å². The van der Waals surface area contributed by atoms with E-state index in [9.17, 15) is 5.11 Å². The van der Waals surface area contributed by atoms with Gasteiger partial charge in [-0.15, -0.1) is 0 Å². The van der Waals surface area contributed by atoms with Crippen molar-refractivity contribution in [1.82, 2.24) is 0 Å². The molecule has 4 heteroatoms. The van der Waals surface area contributed by atoms with Gasteiger partial charge in [0.05, 0.1) is 12.7 Å². The van der Waals surface area contributed by atoms with E-state index in [2.05, 4.69) is 19.2 Å². The molecule has 0 aromatic heterocycles. The van der Waals surface area contributed by atoms with E-state index in [1.54, 1.807) is 0 Å². The molecule has 1 aromatic rings. The van der Waals surface area contributed by atoms with Gasteiger partial charge in [-0.25, -0.2) is 0 Å². The summed E-state index contributed by atoms with van der Waals surface area (Å²) in [5, 5.41) is 20.2. The van der Waals surface area contributed by atoms with E-state index in [1.165, 1.54) is 6.21 Å². The van der Waals surface area contributed by atoms with Crippen LogP contribution < -0.4 is 10.1 Å². The molecule has 0 radical (unpaired) electrons. The van der Waals surface area contributed by atoms with Crippen molar-refractivity contribution in [3.05, 3.63) is 23.8 Å². The Bertz CT molecular complexity index is 454. The highest BCUT2D eigenvalue weighted by Crippen LogP contribution is 2.27. The van der Waals surface area contributed by atoms with Crippen LogP contribution in [0.5, 0.6) is 5.75 Å². The molecule has 0 aliphatic heterocycles. The van der Waals surface area contributed by atoms with Gasteiger partial charge in [-0.3, -0.25) is 0 Å². The third-order valence-corrected chi connectivity index (χ3v) is 3.62.